The standard InChI is InChI=1S/C21H18N2O5S2/c1-12-4-6-14(7-5-12)18-13(2)29-20(19(18)21(25)28-3)22-16(24)10-8-15-9-11-17(30-15)23(26)27/h4-11H,1-3H3,(H,22,24)/b10-8+. The highest BCUT2D eigenvalue weighted by Crippen LogP contribution is 2.40. The smallest absolute Gasteiger partial charge is 0.341 e. The van der Waals surface area contributed by atoms with Crippen molar-refractivity contribution in [3.63, 3.8) is 0 Å². The van der Waals surface area contributed by atoms with Crippen molar-refractivity contribution in [1.82, 2.24) is 0 Å². The van der Waals surface area contributed by atoms with Gasteiger partial charge >= 0.3 is 11.0 Å². The monoisotopic (exact) mass is 442 g/mol. The summed E-state index contributed by atoms with van der Waals surface area (Å²) in [5.41, 5.74) is 2.98. The molecule has 0 fully saturated rings. The number of carbonyl (C=O) groups excluding carboxylic acids is 2. The molecule has 0 aliphatic carbocycles. The van der Waals surface area contributed by atoms with Gasteiger partial charge in [0.25, 0.3) is 0 Å². The fourth-order valence-corrected chi connectivity index (χ4v) is 4.63. The molecule has 2 aromatic heterocycles. The van der Waals surface area contributed by atoms with E-state index in [0.717, 1.165) is 32.9 Å². The first-order chi connectivity index (χ1) is 14.3. The molecule has 0 aliphatic heterocycles. The van der Waals surface area contributed by atoms with E-state index < -0.39 is 16.8 Å². The Bertz CT molecular complexity index is 1140. The Kier molecular flexibility index (Phi) is 6.43. The zero-order valence-corrected chi connectivity index (χ0v) is 18.1. The third-order valence-corrected chi connectivity index (χ3v) is 6.27. The van der Waals surface area contributed by atoms with Gasteiger partial charge in [-0.2, -0.15) is 0 Å². The number of carbonyl (C=O) groups is 2. The lowest BCUT2D eigenvalue weighted by Gasteiger charge is -2.07. The second-order valence-corrected chi connectivity index (χ2v) is 8.67. The molecule has 30 heavy (non-hydrogen) atoms. The van der Waals surface area contributed by atoms with Gasteiger partial charge in [-0.05, 0) is 31.6 Å². The molecule has 1 aromatic carbocycles. The third-order valence-electron chi connectivity index (χ3n) is 4.24. The van der Waals surface area contributed by atoms with E-state index in [1.807, 2.05) is 38.1 Å². The first-order valence-electron chi connectivity index (χ1n) is 8.82. The molecule has 0 atom stereocenters. The molecule has 0 bridgehead atoms. The summed E-state index contributed by atoms with van der Waals surface area (Å²) in [6.45, 7) is 3.86. The van der Waals surface area contributed by atoms with E-state index in [4.69, 9.17) is 4.74 Å². The largest absolute Gasteiger partial charge is 0.465 e. The van der Waals surface area contributed by atoms with Crippen LogP contribution in [0.2, 0.25) is 0 Å². The molecule has 3 rings (SSSR count). The Morgan fingerprint density at radius 2 is 1.80 bits per heavy atom. The molecule has 0 spiro atoms. The molecule has 7 nitrogen and oxygen atoms in total. The molecule has 1 N–H and O–H groups in total. The van der Waals surface area contributed by atoms with Gasteiger partial charge in [0.2, 0.25) is 5.91 Å². The molecule has 0 radical (unpaired) electrons. The highest BCUT2D eigenvalue weighted by atomic mass is 32.1. The van der Waals surface area contributed by atoms with Crippen molar-refractivity contribution in [3.8, 4) is 11.1 Å². The summed E-state index contributed by atoms with van der Waals surface area (Å²) in [4.78, 5) is 36.6. The average Bonchev–Trinajstić information content (AvgIpc) is 3.31. The topological polar surface area (TPSA) is 98.5 Å². The first kappa shape index (κ1) is 21.4. The lowest BCUT2D eigenvalue weighted by Crippen LogP contribution is -2.11. The highest BCUT2D eigenvalue weighted by molar-refractivity contribution is 7.17. The van der Waals surface area contributed by atoms with Crippen LogP contribution in [0.4, 0.5) is 10.0 Å². The van der Waals surface area contributed by atoms with Crippen molar-refractivity contribution < 1.29 is 19.2 Å². The number of anilines is 1. The Morgan fingerprint density at radius 1 is 1.10 bits per heavy atom. The minimum absolute atomic E-state index is 0.000318. The number of esters is 1. The van der Waals surface area contributed by atoms with Gasteiger partial charge in [-0.3, -0.25) is 14.9 Å². The van der Waals surface area contributed by atoms with Crippen molar-refractivity contribution >= 4 is 50.6 Å². The molecule has 0 aliphatic rings. The van der Waals surface area contributed by atoms with Gasteiger partial charge in [-0.25, -0.2) is 4.79 Å². The van der Waals surface area contributed by atoms with E-state index in [-0.39, 0.29) is 5.00 Å². The van der Waals surface area contributed by atoms with E-state index in [0.29, 0.717) is 15.4 Å². The average molecular weight is 443 g/mol. The Hall–Kier alpha value is -3.30. The molecule has 9 heteroatoms. The van der Waals surface area contributed by atoms with Crippen LogP contribution in [0.25, 0.3) is 17.2 Å². The van der Waals surface area contributed by atoms with Gasteiger partial charge in [0.15, 0.2) is 0 Å². The van der Waals surface area contributed by atoms with Gasteiger partial charge in [-0.15, -0.1) is 11.3 Å². The van der Waals surface area contributed by atoms with Crippen LogP contribution in [0.5, 0.6) is 0 Å². The van der Waals surface area contributed by atoms with E-state index in [9.17, 15) is 19.7 Å². The van der Waals surface area contributed by atoms with Crippen molar-refractivity contribution in [2.75, 3.05) is 12.4 Å². The fraction of sp³-hybridized carbons (Fsp3) is 0.143. The highest BCUT2D eigenvalue weighted by Gasteiger charge is 2.24. The van der Waals surface area contributed by atoms with Crippen LogP contribution in [0, 0.1) is 24.0 Å². The van der Waals surface area contributed by atoms with Crippen molar-refractivity contribution in [2.24, 2.45) is 0 Å². The van der Waals surface area contributed by atoms with Gasteiger partial charge in [0.1, 0.15) is 10.6 Å². The molecule has 1 amide bonds. The third kappa shape index (κ3) is 4.64. The van der Waals surface area contributed by atoms with Gasteiger partial charge in [-0.1, -0.05) is 41.2 Å². The van der Waals surface area contributed by atoms with Crippen molar-refractivity contribution in [1.29, 1.82) is 0 Å². The van der Waals surface area contributed by atoms with Crippen LogP contribution < -0.4 is 5.32 Å². The number of benzene rings is 1. The zero-order chi connectivity index (χ0) is 21.8. The van der Waals surface area contributed by atoms with Crippen LogP contribution in [0.15, 0.2) is 42.5 Å². The van der Waals surface area contributed by atoms with Crippen LogP contribution >= 0.6 is 22.7 Å². The summed E-state index contributed by atoms with van der Waals surface area (Å²) in [5, 5.41) is 13.9. The molecular formula is C21H18N2O5S2. The number of aryl methyl sites for hydroxylation is 2. The number of ether oxygens (including phenoxy) is 1. The maximum atomic E-state index is 12.5. The van der Waals surface area contributed by atoms with Gasteiger partial charge in [0, 0.05) is 27.5 Å². The summed E-state index contributed by atoms with van der Waals surface area (Å²) in [7, 11) is 1.30. The minimum Gasteiger partial charge on any atom is -0.465 e. The zero-order valence-electron chi connectivity index (χ0n) is 16.4. The molecule has 2 heterocycles. The van der Waals surface area contributed by atoms with Crippen LogP contribution in [-0.4, -0.2) is 23.9 Å². The van der Waals surface area contributed by atoms with Crippen LogP contribution in [-0.2, 0) is 9.53 Å². The SMILES string of the molecule is COC(=O)c1c(NC(=O)/C=C/c2ccc([N+](=O)[O-])s2)sc(C)c1-c1ccc(C)cc1. The van der Waals surface area contributed by atoms with Crippen LogP contribution in [0.1, 0.15) is 25.7 Å². The summed E-state index contributed by atoms with van der Waals surface area (Å²) < 4.78 is 4.95. The molecule has 0 saturated heterocycles. The minimum atomic E-state index is -0.539. The molecule has 154 valence electrons. The Labute approximate surface area is 180 Å². The van der Waals surface area contributed by atoms with E-state index in [1.165, 1.54) is 36.7 Å². The number of nitro groups is 1. The molecule has 0 unspecified atom stereocenters. The quantitative estimate of drug-likeness (QED) is 0.237. The van der Waals surface area contributed by atoms with Crippen molar-refractivity contribution in [3.05, 3.63) is 73.5 Å². The number of methoxy groups -OCH3 is 1. The number of hydrogen-bond acceptors (Lipinski definition) is 7. The first-order valence-corrected chi connectivity index (χ1v) is 10.5. The lowest BCUT2D eigenvalue weighted by molar-refractivity contribution is -0.380. The summed E-state index contributed by atoms with van der Waals surface area (Å²) in [6.07, 6.45) is 2.77. The predicted molar refractivity (Wildman–Crippen MR) is 119 cm³/mol. The number of nitrogens with zero attached hydrogens (tertiary/aromatic N) is 1. The second kappa shape index (κ2) is 9.02. The maximum Gasteiger partial charge on any atom is 0.341 e. The number of hydrogen-bond donors (Lipinski definition) is 1. The summed E-state index contributed by atoms with van der Waals surface area (Å²) in [6, 6.07) is 10.7. The van der Waals surface area contributed by atoms with Crippen LogP contribution in [0.3, 0.4) is 0 Å². The normalized spacial score (nSPS) is 10.9. The van der Waals surface area contributed by atoms with E-state index in [1.54, 1.807) is 6.07 Å². The Morgan fingerprint density at radius 3 is 2.40 bits per heavy atom. The second-order valence-electron chi connectivity index (χ2n) is 6.35. The summed E-state index contributed by atoms with van der Waals surface area (Å²) in [5.74, 6) is -0.990. The van der Waals surface area contributed by atoms with Gasteiger partial charge < -0.3 is 10.1 Å². The maximum absolute atomic E-state index is 12.5. The fourth-order valence-electron chi connectivity index (χ4n) is 2.84. The molecular weight excluding hydrogens is 424 g/mol. The van der Waals surface area contributed by atoms with Gasteiger partial charge in [0.05, 0.1) is 12.0 Å². The number of nitrogens with one attached hydrogen (secondary N) is 1. The lowest BCUT2D eigenvalue weighted by atomic mass is 10.0. The summed E-state index contributed by atoms with van der Waals surface area (Å²) >= 11 is 2.26. The molecule has 0 saturated carbocycles. The van der Waals surface area contributed by atoms with Crippen molar-refractivity contribution in [2.45, 2.75) is 13.8 Å². The van der Waals surface area contributed by atoms with E-state index >= 15 is 0 Å². The van der Waals surface area contributed by atoms with E-state index in [2.05, 4.69) is 5.32 Å². The molecule has 3 aromatic rings. The predicted octanol–water partition coefficient (Wildman–Crippen LogP) is 5.44. The Balaban J connectivity index is 1.89. The number of rotatable bonds is 6. The number of amides is 1. The number of thiophene rings is 2.